The summed E-state index contributed by atoms with van der Waals surface area (Å²) in [6, 6.07) is 7.56. The number of aromatic nitrogens is 4. The maximum absolute atomic E-state index is 12.4. The van der Waals surface area contributed by atoms with Crippen molar-refractivity contribution in [3.8, 4) is 5.75 Å². The van der Waals surface area contributed by atoms with E-state index in [1.807, 2.05) is 31.2 Å². The van der Waals surface area contributed by atoms with Crippen LogP contribution in [-0.2, 0) is 13.6 Å². The topological polar surface area (TPSA) is 114 Å². The average molecular weight is 401 g/mol. The average Bonchev–Trinajstić information content (AvgIpc) is 3.04. The molecule has 0 bridgehead atoms. The van der Waals surface area contributed by atoms with Gasteiger partial charge in [0.25, 0.3) is 5.56 Å². The smallest absolute Gasteiger partial charge is 0.329 e. The summed E-state index contributed by atoms with van der Waals surface area (Å²) in [5.41, 5.74) is 0.499. The number of aliphatic hydroxyl groups is 1. The number of aliphatic hydroxyl groups excluding tert-OH is 1. The quantitative estimate of drug-likeness (QED) is 0.467. The minimum absolute atomic E-state index is 0.0567. The first-order valence-electron chi connectivity index (χ1n) is 9.71. The monoisotopic (exact) mass is 401 g/mol. The van der Waals surface area contributed by atoms with Crippen LogP contribution in [-0.4, -0.2) is 43.5 Å². The van der Waals surface area contributed by atoms with E-state index in [0.717, 1.165) is 18.4 Å². The van der Waals surface area contributed by atoms with Crippen molar-refractivity contribution in [1.82, 2.24) is 19.1 Å². The van der Waals surface area contributed by atoms with Crippen LogP contribution in [0, 0.1) is 6.92 Å². The molecule has 0 fully saturated rings. The molecule has 0 saturated carbocycles. The van der Waals surface area contributed by atoms with Crippen LogP contribution in [0.1, 0.15) is 25.3 Å². The molecule has 0 amide bonds. The first kappa shape index (κ1) is 20.7. The lowest BCUT2D eigenvalue weighted by Crippen LogP contribution is -2.31. The molecule has 0 radical (unpaired) electrons. The fraction of sp³-hybridized carbons (Fsp3) is 0.450. The zero-order chi connectivity index (χ0) is 21.0. The number of fused-ring (bicyclic) bond motifs is 1. The lowest BCUT2D eigenvalue weighted by Gasteiger charge is -2.16. The molecule has 3 rings (SSSR count). The Morgan fingerprint density at radius 2 is 2.14 bits per heavy atom. The standard InChI is InChI=1S/C20H27N5O4/c1-4-5-9-21-19-22-17-16(18(27)23-20(28)24(17)3)25(19)11-14(26)12-29-15-8-6-7-13(2)10-15/h6-8,10,14,26H,4-5,9,11-12H2,1-3H3,(H,21,22)(H,23,27,28). The number of imidazole rings is 1. The van der Waals surface area contributed by atoms with Crippen molar-refractivity contribution in [2.24, 2.45) is 7.05 Å². The van der Waals surface area contributed by atoms with Crippen molar-refractivity contribution in [3.05, 3.63) is 50.7 Å². The van der Waals surface area contributed by atoms with Crippen LogP contribution >= 0.6 is 0 Å². The predicted molar refractivity (Wildman–Crippen MR) is 112 cm³/mol. The maximum Gasteiger partial charge on any atom is 0.329 e. The molecule has 2 heterocycles. The van der Waals surface area contributed by atoms with Gasteiger partial charge in [0, 0.05) is 13.6 Å². The van der Waals surface area contributed by atoms with Gasteiger partial charge >= 0.3 is 5.69 Å². The molecule has 9 nitrogen and oxygen atoms in total. The Kier molecular flexibility index (Phi) is 6.38. The van der Waals surface area contributed by atoms with Gasteiger partial charge in [0.15, 0.2) is 11.2 Å². The van der Waals surface area contributed by atoms with Crippen LogP contribution in [0.3, 0.4) is 0 Å². The third-order valence-electron chi connectivity index (χ3n) is 4.65. The van der Waals surface area contributed by atoms with Gasteiger partial charge in [-0.3, -0.25) is 14.3 Å². The summed E-state index contributed by atoms with van der Waals surface area (Å²) < 4.78 is 8.57. The van der Waals surface area contributed by atoms with E-state index in [0.29, 0.717) is 18.2 Å². The number of hydrogen-bond donors (Lipinski definition) is 3. The first-order chi connectivity index (χ1) is 13.9. The van der Waals surface area contributed by atoms with Gasteiger partial charge < -0.3 is 19.7 Å². The van der Waals surface area contributed by atoms with Gasteiger partial charge in [-0.2, -0.15) is 4.98 Å². The van der Waals surface area contributed by atoms with Crippen molar-refractivity contribution >= 4 is 17.1 Å². The van der Waals surface area contributed by atoms with Gasteiger partial charge in [0.05, 0.1) is 6.54 Å². The van der Waals surface area contributed by atoms with Gasteiger partial charge in [-0.25, -0.2) is 4.79 Å². The Morgan fingerprint density at radius 1 is 1.34 bits per heavy atom. The highest BCUT2D eigenvalue weighted by atomic mass is 16.5. The molecule has 9 heteroatoms. The second kappa shape index (κ2) is 8.95. The number of nitrogens with zero attached hydrogens (tertiary/aromatic N) is 3. The zero-order valence-electron chi connectivity index (χ0n) is 16.9. The van der Waals surface area contributed by atoms with Crippen molar-refractivity contribution in [2.75, 3.05) is 18.5 Å². The Bertz CT molecular complexity index is 1100. The second-order valence-electron chi connectivity index (χ2n) is 7.10. The van der Waals surface area contributed by atoms with E-state index in [1.165, 1.54) is 4.57 Å². The van der Waals surface area contributed by atoms with Crippen LogP contribution in [0.15, 0.2) is 33.9 Å². The highest BCUT2D eigenvalue weighted by Crippen LogP contribution is 2.17. The van der Waals surface area contributed by atoms with E-state index in [-0.39, 0.29) is 24.3 Å². The van der Waals surface area contributed by atoms with Gasteiger partial charge in [-0.05, 0) is 31.0 Å². The summed E-state index contributed by atoms with van der Waals surface area (Å²) in [6.07, 6.45) is 1.05. The van der Waals surface area contributed by atoms with E-state index in [4.69, 9.17) is 4.74 Å². The molecule has 2 aromatic heterocycles. The summed E-state index contributed by atoms with van der Waals surface area (Å²) in [4.78, 5) is 31.1. The molecule has 3 aromatic rings. The number of hydrogen-bond acceptors (Lipinski definition) is 6. The van der Waals surface area contributed by atoms with Crippen LogP contribution in [0.5, 0.6) is 5.75 Å². The van der Waals surface area contributed by atoms with E-state index >= 15 is 0 Å². The Balaban J connectivity index is 1.87. The summed E-state index contributed by atoms with van der Waals surface area (Å²) in [7, 11) is 1.55. The number of H-pyrrole nitrogens is 1. The third-order valence-corrected chi connectivity index (χ3v) is 4.65. The number of ether oxygens (including phenoxy) is 1. The minimum Gasteiger partial charge on any atom is -0.491 e. The third kappa shape index (κ3) is 4.68. The van der Waals surface area contributed by atoms with Crippen LogP contribution in [0.2, 0.25) is 0 Å². The molecular formula is C20H27N5O4. The molecule has 0 spiro atoms. The van der Waals surface area contributed by atoms with Crippen LogP contribution in [0.4, 0.5) is 5.95 Å². The molecule has 1 unspecified atom stereocenters. The van der Waals surface area contributed by atoms with Gasteiger partial charge in [0.1, 0.15) is 18.5 Å². The molecule has 1 atom stereocenters. The molecule has 156 valence electrons. The summed E-state index contributed by atoms with van der Waals surface area (Å²) >= 11 is 0. The Labute approximate surface area is 168 Å². The van der Waals surface area contributed by atoms with Crippen LogP contribution in [0.25, 0.3) is 11.2 Å². The number of aromatic amines is 1. The molecule has 29 heavy (non-hydrogen) atoms. The second-order valence-corrected chi connectivity index (χ2v) is 7.10. The highest BCUT2D eigenvalue weighted by Gasteiger charge is 2.19. The normalized spacial score (nSPS) is 12.3. The van der Waals surface area contributed by atoms with Gasteiger partial charge in [-0.15, -0.1) is 0 Å². The number of unbranched alkanes of at least 4 members (excludes halogenated alkanes) is 1. The maximum atomic E-state index is 12.4. The number of aryl methyl sites for hydroxylation is 2. The van der Waals surface area contributed by atoms with E-state index in [1.54, 1.807) is 11.6 Å². The Hall–Kier alpha value is -3.07. The number of benzene rings is 1. The molecule has 1 aromatic carbocycles. The lowest BCUT2D eigenvalue weighted by atomic mass is 10.2. The fourth-order valence-corrected chi connectivity index (χ4v) is 3.09. The minimum atomic E-state index is -0.878. The predicted octanol–water partition coefficient (Wildman–Crippen LogP) is 1.38. The SMILES string of the molecule is CCCCNc1nc2c(c(=O)[nH]c(=O)n2C)n1CC(O)COc1cccc(C)c1. The molecule has 3 N–H and O–H groups in total. The number of nitrogens with one attached hydrogen (secondary N) is 2. The van der Waals surface area contributed by atoms with Crippen molar-refractivity contribution in [2.45, 2.75) is 39.3 Å². The zero-order valence-corrected chi connectivity index (χ0v) is 16.9. The number of rotatable bonds is 9. The van der Waals surface area contributed by atoms with E-state index < -0.39 is 17.4 Å². The van der Waals surface area contributed by atoms with Gasteiger partial charge in [-0.1, -0.05) is 25.5 Å². The van der Waals surface area contributed by atoms with Crippen LogP contribution < -0.4 is 21.3 Å². The molecule has 0 aliphatic rings. The van der Waals surface area contributed by atoms with Crippen molar-refractivity contribution < 1.29 is 9.84 Å². The number of anilines is 1. The molecule has 0 aliphatic carbocycles. The molecular weight excluding hydrogens is 374 g/mol. The highest BCUT2D eigenvalue weighted by molar-refractivity contribution is 5.74. The largest absolute Gasteiger partial charge is 0.491 e. The van der Waals surface area contributed by atoms with Gasteiger partial charge in [0.2, 0.25) is 5.95 Å². The first-order valence-corrected chi connectivity index (χ1v) is 9.71. The van der Waals surface area contributed by atoms with Crippen molar-refractivity contribution in [3.63, 3.8) is 0 Å². The lowest BCUT2D eigenvalue weighted by molar-refractivity contribution is 0.0938. The summed E-state index contributed by atoms with van der Waals surface area (Å²) in [5, 5.41) is 13.7. The fourth-order valence-electron chi connectivity index (χ4n) is 3.09. The van der Waals surface area contributed by atoms with E-state index in [2.05, 4.69) is 22.2 Å². The van der Waals surface area contributed by atoms with E-state index in [9.17, 15) is 14.7 Å². The summed E-state index contributed by atoms with van der Waals surface area (Å²) in [5.74, 6) is 1.11. The summed E-state index contributed by atoms with van der Waals surface area (Å²) in [6.45, 7) is 4.86. The Morgan fingerprint density at radius 3 is 2.86 bits per heavy atom. The van der Waals surface area contributed by atoms with Crippen molar-refractivity contribution in [1.29, 1.82) is 0 Å². The molecule has 0 aliphatic heterocycles. The molecule has 0 saturated heterocycles.